The smallest absolute Gasteiger partial charge is 0.410 e. The molecule has 0 radical (unpaired) electrons. The predicted molar refractivity (Wildman–Crippen MR) is 123 cm³/mol. The minimum atomic E-state index is -0.575. The Balaban J connectivity index is 1.59. The number of carbonyl (C=O) groups is 3. The summed E-state index contributed by atoms with van der Waals surface area (Å²) in [6.45, 7) is 6.47. The van der Waals surface area contributed by atoms with Crippen molar-refractivity contribution >= 4 is 17.7 Å². The maximum absolute atomic E-state index is 12.9. The van der Waals surface area contributed by atoms with Crippen LogP contribution in [0.1, 0.15) is 56.0 Å². The lowest BCUT2D eigenvalue weighted by atomic mass is 9.89. The molecule has 1 aliphatic rings. The lowest BCUT2D eigenvalue weighted by Crippen LogP contribution is -2.43. The summed E-state index contributed by atoms with van der Waals surface area (Å²) in [7, 11) is 0. The summed E-state index contributed by atoms with van der Waals surface area (Å²) in [6, 6.07) is 14.1. The number of amides is 1. The summed E-state index contributed by atoms with van der Waals surface area (Å²) >= 11 is 0. The lowest BCUT2D eigenvalue weighted by molar-refractivity contribution is -0.123. The molecule has 1 saturated heterocycles. The molecule has 1 N–H and O–H groups in total. The number of Topliss-reactive ketones (excluding diaryl/α,β-unsaturated/α-hetero) is 2. The van der Waals surface area contributed by atoms with Crippen LogP contribution in [-0.4, -0.2) is 46.4 Å². The summed E-state index contributed by atoms with van der Waals surface area (Å²) in [5.41, 5.74) is 0.369. The van der Waals surface area contributed by atoms with Gasteiger partial charge < -0.3 is 19.5 Å². The minimum Gasteiger partial charge on any atom is -0.507 e. The van der Waals surface area contributed by atoms with Crippen LogP contribution in [0.25, 0.3) is 0 Å². The molecule has 1 aliphatic heterocycles. The predicted octanol–water partition coefficient (Wildman–Crippen LogP) is 4.76. The zero-order chi connectivity index (χ0) is 24.0. The third-order valence-corrected chi connectivity index (χ3v) is 5.46. The van der Waals surface area contributed by atoms with Crippen LogP contribution in [0, 0.1) is 5.92 Å². The summed E-state index contributed by atoms with van der Waals surface area (Å²) in [6.07, 6.45) is 0.238. The van der Waals surface area contributed by atoms with E-state index in [0.717, 1.165) is 5.56 Å². The fourth-order valence-corrected chi connectivity index (χ4v) is 3.76. The molecule has 0 unspecified atom stereocenters. The Hall–Kier alpha value is -3.35. The highest BCUT2D eigenvalue weighted by atomic mass is 16.6. The van der Waals surface area contributed by atoms with Crippen molar-refractivity contribution in [2.75, 3.05) is 13.1 Å². The van der Waals surface area contributed by atoms with E-state index in [9.17, 15) is 19.5 Å². The molecule has 0 bridgehead atoms. The molecule has 3 rings (SSSR count). The van der Waals surface area contributed by atoms with E-state index >= 15 is 0 Å². The lowest BCUT2D eigenvalue weighted by Gasteiger charge is -2.32. The number of phenols is 1. The number of hydrogen-bond acceptors (Lipinski definition) is 6. The Bertz CT molecular complexity index is 988. The van der Waals surface area contributed by atoms with E-state index in [1.54, 1.807) is 17.0 Å². The van der Waals surface area contributed by atoms with Gasteiger partial charge in [0.05, 0.1) is 6.42 Å². The summed E-state index contributed by atoms with van der Waals surface area (Å²) in [4.78, 5) is 39.6. The van der Waals surface area contributed by atoms with Gasteiger partial charge in [-0.2, -0.15) is 0 Å². The van der Waals surface area contributed by atoms with Gasteiger partial charge in [-0.05, 0) is 51.3 Å². The molecule has 33 heavy (non-hydrogen) atoms. The van der Waals surface area contributed by atoms with Gasteiger partial charge in [-0.25, -0.2) is 4.79 Å². The number of nitrogens with zero attached hydrogens (tertiary/aromatic N) is 1. The maximum Gasteiger partial charge on any atom is 0.410 e. The first kappa shape index (κ1) is 24.3. The molecule has 7 heteroatoms. The van der Waals surface area contributed by atoms with Crippen molar-refractivity contribution in [2.24, 2.45) is 5.92 Å². The van der Waals surface area contributed by atoms with Gasteiger partial charge in [0, 0.05) is 19.0 Å². The normalized spacial score (nSPS) is 14.6. The average Bonchev–Trinajstić information content (AvgIpc) is 2.77. The van der Waals surface area contributed by atoms with Crippen molar-refractivity contribution < 1.29 is 29.0 Å². The Morgan fingerprint density at radius 3 is 2.30 bits per heavy atom. The zero-order valence-electron chi connectivity index (χ0n) is 19.4. The number of benzene rings is 2. The molecule has 176 valence electrons. The Morgan fingerprint density at radius 2 is 1.67 bits per heavy atom. The van der Waals surface area contributed by atoms with Crippen molar-refractivity contribution in [1.29, 1.82) is 0 Å². The average molecular weight is 454 g/mol. The standard InChI is InChI=1S/C26H31NO6/c1-26(2,3)33-25(31)27-14-12-19(13-15-27)21(29)16-22(30)24-20(28)10-7-11-23(24)32-17-18-8-5-4-6-9-18/h4-11,19,28H,12-17H2,1-3H3. The van der Waals surface area contributed by atoms with E-state index in [0.29, 0.717) is 25.9 Å². The second kappa shape index (κ2) is 10.5. The molecular weight excluding hydrogens is 422 g/mol. The number of carbonyl (C=O) groups excluding carboxylic acids is 3. The van der Waals surface area contributed by atoms with Gasteiger partial charge in [0.15, 0.2) is 5.78 Å². The molecule has 2 aromatic rings. The van der Waals surface area contributed by atoms with Gasteiger partial charge in [-0.1, -0.05) is 36.4 Å². The van der Waals surface area contributed by atoms with E-state index in [4.69, 9.17) is 9.47 Å². The minimum absolute atomic E-state index is 0.0213. The molecule has 1 fully saturated rings. The molecule has 1 heterocycles. The highest BCUT2D eigenvalue weighted by molar-refractivity contribution is 6.11. The Morgan fingerprint density at radius 1 is 1.00 bits per heavy atom. The number of hydrogen-bond donors (Lipinski definition) is 1. The number of phenolic OH excluding ortho intramolecular Hbond substituents is 1. The fraction of sp³-hybridized carbons (Fsp3) is 0.423. The van der Waals surface area contributed by atoms with E-state index in [1.165, 1.54) is 6.07 Å². The number of aromatic hydroxyl groups is 1. The van der Waals surface area contributed by atoms with Crippen LogP contribution in [0.2, 0.25) is 0 Å². The molecule has 1 amide bonds. The van der Waals surface area contributed by atoms with E-state index < -0.39 is 11.4 Å². The molecular formula is C26H31NO6. The van der Waals surface area contributed by atoms with Crippen molar-refractivity contribution in [1.82, 2.24) is 4.90 Å². The molecule has 0 aliphatic carbocycles. The second-order valence-electron chi connectivity index (χ2n) is 9.23. The van der Waals surface area contributed by atoms with E-state index in [1.807, 2.05) is 51.1 Å². The largest absolute Gasteiger partial charge is 0.507 e. The molecule has 7 nitrogen and oxygen atoms in total. The third kappa shape index (κ3) is 6.81. The Kier molecular flexibility index (Phi) is 7.74. The highest BCUT2D eigenvalue weighted by Gasteiger charge is 2.31. The van der Waals surface area contributed by atoms with Gasteiger partial charge in [0.25, 0.3) is 0 Å². The highest BCUT2D eigenvalue weighted by Crippen LogP contribution is 2.31. The van der Waals surface area contributed by atoms with Crippen LogP contribution in [0.3, 0.4) is 0 Å². The molecule has 0 atom stereocenters. The van der Waals surface area contributed by atoms with Gasteiger partial charge in [-0.15, -0.1) is 0 Å². The first-order chi connectivity index (χ1) is 15.6. The van der Waals surface area contributed by atoms with E-state index in [-0.39, 0.29) is 47.9 Å². The number of likely N-dealkylation sites (tertiary alicyclic amines) is 1. The van der Waals surface area contributed by atoms with Gasteiger partial charge in [0.1, 0.15) is 35.1 Å². The quantitative estimate of drug-likeness (QED) is 0.480. The molecule has 0 saturated carbocycles. The molecule has 2 aromatic carbocycles. The number of ketones is 2. The third-order valence-electron chi connectivity index (χ3n) is 5.46. The van der Waals surface area contributed by atoms with Gasteiger partial charge in [0.2, 0.25) is 0 Å². The first-order valence-corrected chi connectivity index (χ1v) is 11.2. The van der Waals surface area contributed by atoms with Gasteiger partial charge in [-0.3, -0.25) is 9.59 Å². The van der Waals surface area contributed by atoms with Crippen LogP contribution in [0.15, 0.2) is 48.5 Å². The van der Waals surface area contributed by atoms with Crippen LogP contribution in [0.5, 0.6) is 11.5 Å². The van der Waals surface area contributed by atoms with Gasteiger partial charge >= 0.3 is 6.09 Å². The molecule has 0 aromatic heterocycles. The van der Waals surface area contributed by atoms with Crippen LogP contribution in [0.4, 0.5) is 4.79 Å². The first-order valence-electron chi connectivity index (χ1n) is 11.2. The number of piperidine rings is 1. The van der Waals surface area contributed by atoms with Crippen LogP contribution >= 0.6 is 0 Å². The Labute approximate surface area is 194 Å². The van der Waals surface area contributed by atoms with Crippen molar-refractivity contribution in [3.63, 3.8) is 0 Å². The summed E-state index contributed by atoms with van der Waals surface area (Å²) in [5, 5.41) is 10.3. The second-order valence-corrected chi connectivity index (χ2v) is 9.23. The number of rotatable bonds is 7. The zero-order valence-corrected chi connectivity index (χ0v) is 19.4. The fourth-order valence-electron chi connectivity index (χ4n) is 3.76. The number of ether oxygens (including phenoxy) is 2. The summed E-state index contributed by atoms with van der Waals surface area (Å²) < 4.78 is 11.2. The summed E-state index contributed by atoms with van der Waals surface area (Å²) in [5.74, 6) is -0.946. The van der Waals surface area contributed by atoms with Crippen molar-refractivity contribution in [3.05, 3.63) is 59.7 Å². The molecule has 0 spiro atoms. The van der Waals surface area contributed by atoms with E-state index in [2.05, 4.69) is 0 Å². The monoisotopic (exact) mass is 453 g/mol. The van der Waals surface area contributed by atoms with Crippen molar-refractivity contribution in [3.8, 4) is 11.5 Å². The SMILES string of the molecule is CC(C)(C)OC(=O)N1CCC(C(=O)CC(=O)c2c(O)cccc2OCc2ccccc2)CC1. The topological polar surface area (TPSA) is 93.1 Å². The van der Waals surface area contributed by atoms with Crippen LogP contribution < -0.4 is 4.74 Å². The maximum atomic E-state index is 12.9. The van der Waals surface area contributed by atoms with Crippen LogP contribution in [-0.2, 0) is 16.1 Å². The van der Waals surface area contributed by atoms with Crippen molar-refractivity contribution in [2.45, 2.75) is 52.2 Å².